The summed E-state index contributed by atoms with van der Waals surface area (Å²) in [6, 6.07) is 0. The minimum absolute atomic E-state index is 0.0919. The molecular weight excluding hydrogens is 376 g/mol. The van der Waals surface area contributed by atoms with Crippen molar-refractivity contribution < 1.29 is 5.11 Å². The largest absolute Gasteiger partial charge is 0.393 e. The van der Waals surface area contributed by atoms with Gasteiger partial charge in [-0.3, -0.25) is 0 Å². The lowest BCUT2D eigenvalue weighted by molar-refractivity contribution is -0.161. The van der Waals surface area contributed by atoms with Crippen molar-refractivity contribution in [1.82, 2.24) is 0 Å². The highest BCUT2D eigenvalue weighted by Gasteiger charge is 2.82. The molecule has 1 nitrogen and oxygen atoms in total. The zero-order chi connectivity index (χ0) is 22.4. The van der Waals surface area contributed by atoms with Crippen molar-refractivity contribution in [2.45, 2.75) is 112 Å². The number of fused-ring (bicyclic) bond motifs is 2. The normalized spacial score (nSPS) is 53.3. The molecule has 5 fully saturated rings. The van der Waals surface area contributed by atoms with Crippen molar-refractivity contribution in [2.24, 2.45) is 50.7 Å². The summed E-state index contributed by atoms with van der Waals surface area (Å²) in [5, 5.41) is 10.8. The summed E-state index contributed by atoms with van der Waals surface area (Å²) in [7, 11) is 0. The molecule has 5 aliphatic carbocycles. The minimum atomic E-state index is -0.0919. The van der Waals surface area contributed by atoms with Gasteiger partial charge in [0, 0.05) is 0 Å². The summed E-state index contributed by atoms with van der Waals surface area (Å²) in [5.41, 5.74) is 3.47. The third-order valence-electron chi connectivity index (χ3n) is 12.8. The Morgan fingerprint density at radius 2 is 1.61 bits per heavy atom. The second-order valence-electron chi connectivity index (χ2n) is 14.0. The Kier molecular flexibility index (Phi) is 4.84. The smallest absolute Gasteiger partial charge is 0.0594 e. The van der Waals surface area contributed by atoms with Crippen molar-refractivity contribution in [2.75, 3.05) is 0 Å². The van der Waals surface area contributed by atoms with Crippen LogP contribution in [-0.4, -0.2) is 11.2 Å². The van der Waals surface area contributed by atoms with Gasteiger partial charge in [-0.15, -0.1) is 0 Å². The van der Waals surface area contributed by atoms with Gasteiger partial charge in [-0.05, 0) is 122 Å². The van der Waals surface area contributed by atoms with E-state index in [1.165, 1.54) is 63.4 Å². The van der Waals surface area contributed by atoms with Gasteiger partial charge in [0.15, 0.2) is 0 Å². The first-order valence-corrected chi connectivity index (χ1v) is 13.4. The van der Waals surface area contributed by atoms with Crippen LogP contribution in [0.15, 0.2) is 24.3 Å². The first kappa shape index (κ1) is 22.2. The molecule has 31 heavy (non-hydrogen) atoms. The fraction of sp³-hybridized carbons (Fsp3) is 0.867. The van der Waals surface area contributed by atoms with E-state index in [4.69, 9.17) is 0 Å². The second kappa shape index (κ2) is 6.74. The molecular formula is C30H48O. The highest BCUT2D eigenvalue weighted by atomic mass is 16.3. The van der Waals surface area contributed by atoms with E-state index >= 15 is 0 Å². The predicted molar refractivity (Wildman–Crippen MR) is 131 cm³/mol. The maximum absolute atomic E-state index is 10.8. The number of hydrogen-bond donors (Lipinski definition) is 1. The molecule has 0 aromatic heterocycles. The molecule has 0 bridgehead atoms. The van der Waals surface area contributed by atoms with Gasteiger partial charge in [-0.25, -0.2) is 0 Å². The summed E-state index contributed by atoms with van der Waals surface area (Å²) in [6.45, 7) is 18.9. The summed E-state index contributed by atoms with van der Waals surface area (Å²) >= 11 is 0. The molecule has 0 aromatic carbocycles. The Labute approximate surface area is 192 Å². The highest BCUT2D eigenvalue weighted by molar-refractivity contribution is 5.30. The van der Waals surface area contributed by atoms with Crippen LogP contribution in [0.25, 0.3) is 0 Å². The standard InChI is InChI=1S/C30H48O/c1-20(2)9-8-10-21(3)22-13-15-28(7)24-12-11-23-26(4,5)25(31)14-16-29(23)19-30(24,29)18-17-27(22,28)6/h8-9,21-25,31H,1,10-19H2,2-7H3. The van der Waals surface area contributed by atoms with Crippen molar-refractivity contribution in [3.8, 4) is 0 Å². The van der Waals surface area contributed by atoms with E-state index in [2.05, 4.69) is 60.3 Å². The van der Waals surface area contributed by atoms with Gasteiger partial charge < -0.3 is 5.11 Å². The Balaban J connectivity index is 1.42. The molecule has 0 radical (unpaired) electrons. The van der Waals surface area contributed by atoms with E-state index in [1.807, 2.05) is 0 Å². The van der Waals surface area contributed by atoms with Gasteiger partial charge in [0.2, 0.25) is 0 Å². The quantitative estimate of drug-likeness (QED) is 0.454. The van der Waals surface area contributed by atoms with Gasteiger partial charge in [-0.2, -0.15) is 0 Å². The van der Waals surface area contributed by atoms with E-state index in [1.54, 1.807) is 0 Å². The predicted octanol–water partition coefficient (Wildman–Crippen LogP) is 7.94. The second-order valence-corrected chi connectivity index (χ2v) is 14.0. The summed E-state index contributed by atoms with van der Waals surface area (Å²) in [5.74, 6) is 3.30. The topological polar surface area (TPSA) is 20.2 Å². The Bertz CT molecular complexity index is 792. The average Bonchev–Trinajstić information content (AvgIpc) is 3.27. The van der Waals surface area contributed by atoms with Gasteiger partial charge in [-0.1, -0.05) is 58.9 Å². The van der Waals surface area contributed by atoms with Crippen molar-refractivity contribution >= 4 is 0 Å². The lowest BCUT2D eigenvalue weighted by Crippen LogP contribution is -2.57. The fourth-order valence-electron chi connectivity index (χ4n) is 10.9. The van der Waals surface area contributed by atoms with Crippen molar-refractivity contribution in [3.63, 3.8) is 0 Å². The van der Waals surface area contributed by atoms with Gasteiger partial charge in [0.25, 0.3) is 0 Å². The molecule has 9 atom stereocenters. The Morgan fingerprint density at radius 1 is 0.935 bits per heavy atom. The molecule has 1 heteroatoms. The van der Waals surface area contributed by atoms with E-state index in [0.717, 1.165) is 30.1 Å². The number of aliphatic hydroxyl groups excluding tert-OH is 1. The Hall–Kier alpha value is -0.560. The third-order valence-corrected chi connectivity index (χ3v) is 12.8. The van der Waals surface area contributed by atoms with Crippen LogP contribution in [0.1, 0.15) is 106 Å². The first-order valence-electron chi connectivity index (χ1n) is 13.4. The molecule has 0 saturated heterocycles. The third kappa shape index (κ3) is 2.65. The van der Waals surface area contributed by atoms with Crippen molar-refractivity contribution in [3.05, 3.63) is 24.3 Å². The van der Waals surface area contributed by atoms with Gasteiger partial charge in [0.05, 0.1) is 6.10 Å². The van der Waals surface area contributed by atoms with Crippen molar-refractivity contribution in [1.29, 1.82) is 0 Å². The molecule has 0 amide bonds. The molecule has 0 heterocycles. The van der Waals surface area contributed by atoms with Crippen LogP contribution in [0.5, 0.6) is 0 Å². The molecule has 9 unspecified atom stereocenters. The molecule has 5 saturated carbocycles. The zero-order valence-corrected chi connectivity index (χ0v) is 21.3. The van der Waals surface area contributed by atoms with Crippen LogP contribution < -0.4 is 0 Å². The van der Waals surface area contributed by atoms with E-state index in [9.17, 15) is 5.11 Å². The number of aliphatic hydroxyl groups is 1. The zero-order valence-electron chi connectivity index (χ0n) is 21.3. The van der Waals surface area contributed by atoms with E-state index in [-0.39, 0.29) is 11.5 Å². The average molecular weight is 425 g/mol. The fourth-order valence-corrected chi connectivity index (χ4v) is 10.9. The van der Waals surface area contributed by atoms with Gasteiger partial charge >= 0.3 is 0 Å². The molecule has 2 spiro atoms. The van der Waals surface area contributed by atoms with Crippen LogP contribution >= 0.6 is 0 Å². The Morgan fingerprint density at radius 3 is 2.32 bits per heavy atom. The molecule has 0 aliphatic heterocycles. The molecule has 1 N–H and O–H groups in total. The van der Waals surface area contributed by atoms with Crippen LogP contribution in [0, 0.1) is 50.7 Å². The first-order chi connectivity index (χ1) is 14.4. The van der Waals surface area contributed by atoms with Crippen LogP contribution in [-0.2, 0) is 0 Å². The lowest BCUT2D eigenvalue weighted by Gasteiger charge is -2.63. The maximum Gasteiger partial charge on any atom is 0.0594 e. The van der Waals surface area contributed by atoms with Crippen LogP contribution in [0.4, 0.5) is 0 Å². The SMILES string of the molecule is C=C(C)C=CCC(C)C1CCC2(C)C3CCC4C(C)(C)C(O)CCC45CC35CCC12C. The monoisotopic (exact) mass is 424 g/mol. The summed E-state index contributed by atoms with van der Waals surface area (Å²) < 4.78 is 0. The minimum Gasteiger partial charge on any atom is -0.393 e. The molecule has 5 aliphatic rings. The van der Waals surface area contributed by atoms with Gasteiger partial charge in [0.1, 0.15) is 0 Å². The van der Waals surface area contributed by atoms with Crippen LogP contribution in [0.3, 0.4) is 0 Å². The van der Waals surface area contributed by atoms with E-state index in [0.29, 0.717) is 21.7 Å². The molecule has 5 rings (SSSR count). The van der Waals surface area contributed by atoms with E-state index < -0.39 is 0 Å². The summed E-state index contributed by atoms with van der Waals surface area (Å²) in [4.78, 5) is 0. The molecule has 0 aromatic rings. The lowest BCUT2D eigenvalue weighted by atomic mass is 9.42. The number of allylic oxidation sites excluding steroid dienone is 3. The number of hydrogen-bond acceptors (Lipinski definition) is 1. The highest BCUT2D eigenvalue weighted by Crippen LogP contribution is 2.89. The molecule has 174 valence electrons. The summed E-state index contributed by atoms with van der Waals surface area (Å²) in [6.07, 6.45) is 18.1. The maximum atomic E-state index is 10.8. The van der Waals surface area contributed by atoms with Crippen LogP contribution in [0.2, 0.25) is 0 Å². The number of rotatable bonds is 4.